The fraction of sp³-hybridized carbons (Fsp3) is 0.625. The van der Waals surface area contributed by atoms with Crippen LogP contribution in [0.25, 0.3) is 0 Å². The molecule has 12 atom stereocenters. The average molecular weight is 786 g/mol. The molecule has 4 fully saturated rings. The first kappa shape index (κ1) is 41.1. The summed E-state index contributed by atoms with van der Waals surface area (Å²) in [5.74, 6) is -4.01. The number of para-hydroxylation sites is 1. The van der Waals surface area contributed by atoms with Crippen LogP contribution in [-0.4, -0.2) is 117 Å². The number of hydrogen-bond donors (Lipinski definition) is 4. The summed E-state index contributed by atoms with van der Waals surface area (Å²) in [6.07, 6.45) is -10.6. The molecule has 2 aliphatic heterocycles. The Bertz CT molecular complexity index is 1840. The quantitative estimate of drug-likeness (QED) is 0.169. The molecule has 5 aliphatic rings. The van der Waals surface area contributed by atoms with Crippen molar-refractivity contribution in [2.75, 3.05) is 6.61 Å². The molecule has 4 N–H and O–H groups in total. The van der Waals surface area contributed by atoms with E-state index in [9.17, 15) is 34.5 Å². The van der Waals surface area contributed by atoms with Gasteiger partial charge in [0.15, 0.2) is 35.8 Å². The Morgan fingerprint density at radius 2 is 1.73 bits per heavy atom. The van der Waals surface area contributed by atoms with Crippen LogP contribution in [0.2, 0.25) is 0 Å². The number of alkyl carbamates (subject to hydrolysis) is 1. The lowest BCUT2D eigenvalue weighted by molar-refractivity contribution is -0.343. The third kappa shape index (κ3) is 6.25. The van der Waals surface area contributed by atoms with E-state index >= 15 is 4.79 Å². The molecule has 6 rings (SSSR count). The smallest absolute Gasteiger partial charge is 0.486 e. The highest BCUT2D eigenvalue weighted by Gasteiger charge is 2.82. The number of fused-ring (bicyclic) bond motifs is 4. The van der Waals surface area contributed by atoms with Crippen LogP contribution in [0, 0.1) is 16.7 Å². The molecule has 1 amide bonds. The maximum Gasteiger partial charge on any atom is 0.509 e. The Hall–Kier alpha value is -4.51. The zero-order valence-corrected chi connectivity index (χ0v) is 32.9. The number of carbonyl (C=O) groups excluding carboxylic acids is 5. The molecule has 306 valence electrons. The summed E-state index contributed by atoms with van der Waals surface area (Å²) in [7, 11) is 0. The number of ether oxygens (including phenoxy) is 7. The van der Waals surface area contributed by atoms with Crippen LogP contribution in [0.5, 0.6) is 5.75 Å². The Kier molecular flexibility index (Phi) is 10.4. The number of allylic oxidation sites excluding steroid dienone is 1. The molecule has 16 heteroatoms. The number of hydrogen-bond acceptors (Lipinski definition) is 15. The lowest BCUT2D eigenvalue weighted by Crippen LogP contribution is -2.83. The van der Waals surface area contributed by atoms with E-state index < -0.39 is 112 Å². The van der Waals surface area contributed by atoms with Gasteiger partial charge in [0.25, 0.3) is 0 Å². The van der Waals surface area contributed by atoms with E-state index in [0.717, 1.165) is 0 Å². The number of carbonyl (C=O) groups is 5. The van der Waals surface area contributed by atoms with Gasteiger partial charge >= 0.3 is 24.2 Å². The summed E-state index contributed by atoms with van der Waals surface area (Å²) in [4.78, 5) is 68.3. The summed E-state index contributed by atoms with van der Waals surface area (Å²) in [6, 6.07) is 7.00. The minimum absolute atomic E-state index is 0.0109. The van der Waals surface area contributed by atoms with Gasteiger partial charge in [-0.1, -0.05) is 44.2 Å². The first-order valence-electron chi connectivity index (χ1n) is 18.6. The van der Waals surface area contributed by atoms with Crippen molar-refractivity contribution in [2.24, 2.45) is 16.7 Å². The number of aliphatic hydroxyl groups is 3. The summed E-state index contributed by atoms with van der Waals surface area (Å²) in [5.41, 5.74) is -8.08. The first-order valence-corrected chi connectivity index (χ1v) is 18.6. The number of amides is 1. The van der Waals surface area contributed by atoms with Crippen molar-refractivity contribution in [3.63, 3.8) is 0 Å². The normalized spacial score (nSPS) is 36.8. The first-order chi connectivity index (χ1) is 26.1. The Balaban J connectivity index is 1.56. The van der Waals surface area contributed by atoms with Crippen LogP contribution in [0.15, 0.2) is 53.6 Å². The van der Waals surface area contributed by atoms with Crippen molar-refractivity contribution in [1.29, 1.82) is 0 Å². The summed E-state index contributed by atoms with van der Waals surface area (Å²) >= 11 is 0. The van der Waals surface area contributed by atoms with Crippen molar-refractivity contribution in [2.45, 2.75) is 134 Å². The van der Waals surface area contributed by atoms with Crippen LogP contribution < -0.4 is 10.1 Å². The molecule has 1 spiro atoms. The third-order valence-corrected chi connectivity index (χ3v) is 12.1. The van der Waals surface area contributed by atoms with Gasteiger partial charge < -0.3 is 53.8 Å². The second-order valence-corrected chi connectivity index (χ2v) is 16.9. The molecule has 2 heterocycles. The Morgan fingerprint density at radius 3 is 2.30 bits per heavy atom. The molecule has 2 unspecified atom stereocenters. The van der Waals surface area contributed by atoms with Crippen molar-refractivity contribution >= 4 is 30.0 Å². The van der Waals surface area contributed by atoms with Crippen molar-refractivity contribution in [3.05, 3.63) is 53.6 Å². The number of Topliss-reactive ketones (excluding diaryl/α,β-unsaturated/α-hetero) is 1. The molecule has 3 aliphatic carbocycles. The minimum atomic E-state index is -2.11. The number of esters is 2. The highest BCUT2D eigenvalue weighted by atomic mass is 16.8. The number of benzene rings is 1. The van der Waals surface area contributed by atoms with Crippen molar-refractivity contribution < 1.29 is 72.5 Å². The highest BCUT2D eigenvalue weighted by molar-refractivity contribution is 5.94. The van der Waals surface area contributed by atoms with E-state index in [1.165, 1.54) is 32.9 Å². The third-order valence-electron chi connectivity index (χ3n) is 12.1. The summed E-state index contributed by atoms with van der Waals surface area (Å²) in [6.45, 7) is 13.7. The number of nitrogens with one attached hydrogen (secondary N) is 1. The molecule has 0 aromatic heterocycles. The second-order valence-electron chi connectivity index (χ2n) is 16.9. The predicted molar refractivity (Wildman–Crippen MR) is 193 cm³/mol. The van der Waals surface area contributed by atoms with Gasteiger partial charge in [-0.2, -0.15) is 0 Å². The SMILES string of the molecule is C/C=C\[C@H](NC(=O)OC(C)(C)C)[C@@H](O)C(=O)O[C@@H]1C(C)=C2[C@@H](O)C(=O)[C@@]3(C)C([C@H](Oc4ccccc4)[C@@]4(OC(=O)O[C@@H]14)C2(C)C)[C@]1(OC(C)=O)COC1C[C@@H]3O. The summed E-state index contributed by atoms with van der Waals surface area (Å²) in [5, 5.41) is 38.0. The molecule has 1 aromatic rings. The number of ketones is 1. The lowest BCUT2D eigenvalue weighted by Gasteiger charge is -2.67. The van der Waals surface area contributed by atoms with Crippen molar-refractivity contribution in [1.82, 2.24) is 5.32 Å². The molecule has 2 bridgehead atoms. The Morgan fingerprint density at radius 1 is 1.07 bits per heavy atom. The Labute approximate surface area is 324 Å². The zero-order valence-electron chi connectivity index (χ0n) is 32.9. The van der Waals surface area contributed by atoms with E-state index in [0.29, 0.717) is 0 Å². The van der Waals surface area contributed by atoms with Crippen LogP contribution in [0.1, 0.15) is 68.7 Å². The van der Waals surface area contributed by atoms with Gasteiger partial charge in [0.2, 0.25) is 5.60 Å². The van der Waals surface area contributed by atoms with Crippen LogP contribution >= 0.6 is 0 Å². The molecular formula is C40H51NO15. The standard InChI is InChI=1S/C40H51NO15/c1-10-14-22(41-34(48)55-36(4,5)6)26(44)33(47)52-28-19(2)25-27(45)30(46)38(9)23(43)17-24-39(18-50-24,54-20(3)42)29(38)32(51-21-15-12-11-13-16-21)40(37(25,7)8)31(28)53-35(49)56-40/h10-16,22-24,26-29,31-32,43-45H,17-18H2,1-9H3,(H,41,48)/b14-10-/t22-,23-,24?,26+,27+,28+,29?,31-,32-,38+,39-,40+/m0/s1. The monoisotopic (exact) mass is 785 g/mol. The van der Waals surface area contributed by atoms with Crippen molar-refractivity contribution in [3.8, 4) is 5.75 Å². The van der Waals surface area contributed by atoms with Gasteiger partial charge in [-0.15, -0.1) is 0 Å². The largest absolute Gasteiger partial charge is 0.509 e. The molecule has 56 heavy (non-hydrogen) atoms. The van der Waals surface area contributed by atoms with Gasteiger partial charge in [-0.05, 0) is 64.8 Å². The molecular weight excluding hydrogens is 734 g/mol. The molecule has 16 nitrogen and oxygen atoms in total. The highest BCUT2D eigenvalue weighted by Crippen LogP contribution is 2.66. The predicted octanol–water partition coefficient (Wildman–Crippen LogP) is 2.84. The maximum atomic E-state index is 15.0. The topological polar surface area (TPSA) is 223 Å². The minimum Gasteiger partial charge on any atom is -0.486 e. The van der Waals surface area contributed by atoms with E-state index in [2.05, 4.69) is 5.32 Å². The van der Waals surface area contributed by atoms with Gasteiger partial charge in [0.1, 0.15) is 23.6 Å². The van der Waals surface area contributed by atoms with Gasteiger partial charge in [0, 0.05) is 18.8 Å². The zero-order chi connectivity index (χ0) is 41.3. The molecule has 1 aromatic carbocycles. The van der Waals surface area contributed by atoms with Gasteiger partial charge in [-0.25, -0.2) is 14.4 Å². The number of rotatable bonds is 8. The fourth-order valence-electron chi connectivity index (χ4n) is 9.65. The maximum absolute atomic E-state index is 15.0. The molecule has 0 radical (unpaired) electrons. The summed E-state index contributed by atoms with van der Waals surface area (Å²) < 4.78 is 42.4. The van der Waals surface area contributed by atoms with Gasteiger partial charge in [-0.3, -0.25) is 9.59 Å². The van der Waals surface area contributed by atoms with Crippen LogP contribution in [0.4, 0.5) is 9.59 Å². The van der Waals surface area contributed by atoms with E-state index in [1.807, 2.05) is 0 Å². The fourth-order valence-corrected chi connectivity index (χ4v) is 9.65. The van der Waals surface area contributed by atoms with Crippen LogP contribution in [-0.2, 0) is 42.8 Å². The average Bonchev–Trinajstić information content (AvgIpc) is 3.46. The molecule has 2 saturated carbocycles. The van der Waals surface area contributed by atoms with E-state index in [1.54, 1.807) is 71.9 Å². The lowest BCUT2D eigenvalue weighted by atomic mass is 9.44. The number of aliphatic hydroxyl groups excluding tert-OH is 3. The molecule has 2 saturated heterocycles. The van der Waals surface area contributed by atoms with E-state index in [4.69, 9.17) is 33.2 Å². The van der Waals surface area contributed by atoms with Gasteiger partial charge in [0.05, 0.1) is 30.1 Å². The van der Waals surface area contributed by atoms with Crippen LogP contribution in [0.3, 0.4) is 0 Å². The second kappa shape index (κ2) is 14.1. The van der Waals surface area contributed by atoms with E-state index in [-0.39, 0.29) is 29.9 Å².